The van der Waals surface area contributed by atoms with E-state index in [0.717, 1.165) is 65.4 Å². The highest BCUT2D eigenvalue weighted by atomic mass is 127. The average molecular weight is 454 g/mol. The standard InChI is InChI=1S/C17H34N4O2.HI/c18-17(19-8-4-10-21-11-14-22-15-12-21)20-9-5-13-23-16-6-2-1-3-7-16;/h16H,1-15H2,(H3,18,19,20);1H. The lowest BCUT2D eigenvalue weighted by molar-refractivity contribution is 0.0281. The van der Waals surface area contributed by atoms with Crippen LogP contribution in [0.5, 0.6) is 0 Å². The highest BCUT2D eigenvalue weighted by Crippen LogP contribution is 2.20. The smallest absolute Gasteiger partial charge is 0.188 e. The van der Waals surface area contributed by atoms with Crippen LogP contribution in [0.1, 0.15) is 44.9 Å². The summed E-state index contributed by atoms with van der Waals surface area (Å²) in [5, 5.41) is 3.19. The fraction of sp³-hybridized carbons (Fsp3) is 0.941. The molecular weight excluding hydrogens is 419 g/mol. The molecule has 1 saturated carbocycles. The van der Waals surface area contributed by atoms with Crippen LogP contribution in [0.15, 0.2) is 4.99 Å². The van der Waals surface area contributed by atoms with Gasteiger partial charge in [-0.1, -0.05) is 19.3 Å². The van der Waals surface area contributed by atoms with Gasteiger partial charge in [0.2, 0.25) is 0 Å². The first kappa shape index (κ1) is 21.9. The highest BCUT2D eigenvalue weighted by molar-refractivity contribution is 14.0. The fourth-order valence-corrected chi connectivity index (χ4v) is 3.15. The van der Waals surface area contributed by atoms with Crippen molar-refractivity contribution in [3.63, 3.8) is 0 Å². The average Bonchev–Trinajstić information content (AvgIpc) is 2.60. The summed E-state index contributed by atoms with van der Waals surface area (Å²) in [7, 11) is 0. The second-order valence-electron chi connectivity index (χ2n) is 6.49. The molecule has 2 fully saturated rings. The number of ether oxygens (including phenoxy) is 2. The van der Waals surface area contributed by atoms with Crippen molar-refractivity contribution in [1.29, 1.82) is 0 Å². The molecule has 1 heterocycles. The van der Waals surface area contributed by atoms with Crippen molar-refractivity contribution in [2.75, 3.05) is 52.5 Å². The van der Waals surface area contributed by atoms with Crippen LogP contribution in [0.25, 0.3) is 0 Å². The SMILES string of the molecule is I.NC(=NCCCOC1CCCCC1)NCCCN1CCOCC1. The van der Waals surface area contributed by atoms with E-state index < -0.39 is 0 Å². The number of hydrogen-bond donors (Lipinski definition) is 2. The number of nitrogens with one attached hydrogen (secondary N) is 1. The van der Waals surface area contributed by atoms with Gasteiger partial charge in [0.1, 0.15) is 0 Å². The predicted molar refractivity (Wildman–Crippen MR) is 109 cm³/mol. The highest BCUT2D eigenvalue weighted by Gasteiger charge is 2.13. The molecule has 0 bridgehead atoms. The number of aliphatic imine (C=N–C) groups is 1. The van der Waals surface area contributed by atoms with Gasteiger partial charge < -0.3 is 20.5 Å². The van der Waals surface area contributed by atoms with Crippen LogP contribution < -0.4 is 11.1 Å². The van der Waals surface area contributed by atoms with Gasteiger partial charge in [-0.15, -0.1) is 24.0 Å². The zero-order valence-corrected chi connectivity index (χ0v) is 17.2. The van der Waals surface area contributed by atoms with E-state index in [2.05, 4.69) is 15.2 Å². The molecule has 0 atom stereocenters. The Hall–Kier alpha value is -0.120. The zero-order chi connectivity index (χ0) is 16.2. The molecule has 0 spiro atoms. The molecule has 7 heteroatoms. The van der Waals surface area contributed by atoms with E-state index in [1.165, 1.54) is 32.1 Å². The first-order valence-corrected chi connectivity index (χ1v) is 9.30. The molecule has 0 unspecified atom stereocenters. The lowest BCUT2D eigenvalue weighted by atomic mass is 9.98. The molecule has 0 aromatic rings. The predicted octanol–water partition coefficient (Wildman–Crippen LogP) is 1.97. The van der Waals surface area contributed by atoms with E-state index in [-0.39, 0.29) is 24.0 Å². The Bertz CT molecular complexity index is 333. The third-order valence-corrected chi connectivity index (χ3v) is 4.55. The Kier molecular flexibility index (Phi) is 12.9. The molecule has 2 aliphatic rings. The van der Waals surface area contributed by atoms with E-state index >= 15 is 0 Å². The van der Waals surface area contributed by atoms with Gasteiger partial charge in [-0.05, 0) is 32.2 Å². The molecular formula is C17H35IN4O2. The summed E-state index contributed by atoms with van der Waals surface area (Å²) in [4.78, 5) is 6.79. The summed E-state index contributed by atoms with van der Waals surface area (Å²) in [5.41, 5.74) is 5.88. The summed E-state index contributed by atoms with van der Waals surface area (Å²) in [5.74, 6) is 0.560. The Morgan fingerprint density at radius 2 is 1.92 bits per heavy atom. The Balaban J connectivity index is 0.00000288. The molecule has 2 rings (SSSR count). The number of hydrogen-bond acceptors (Lipinski definition) is 4. The van der Waals surface area contributed by atoms with Gasteiger partial charge in [0.25, 0.3) is 0 Å². The zero-order valence-electron chi connectivity index (χ0n) is 14.9. The van der Waals surface area contributed by atoms with Gasteiger partial charge in [0, 0.05) is 32.8 Å². The van der Waals surface area contributed by atoms with Crippen LogP contribution in [-0.4, -0.2) is 69.5 Å². The lowest BCUT2D eigenvalue weighted by Crippen LogP contribution is -2.39. The lowest BCUT2D eigenvalue weighted by Gasteiger charge is -2.26. The summed E-state index contributed by atoms with van der Waals surface area (Å²) >= 11 is 0. The van der Waals surface area contributed by atoms with Crippen LogP contribution in [-0.2, 0) is 9.47 Å². The van der Waals surface area contributed by atoms with Crippen LogP contribution in [0.3, 0.4) is 0 Å². The van der Waals surface area contributed by atoms with Crippen LogP contribution in [0.2, 0.25) is 0 Å². The largest absolute Gasteiger partial charge is 0.379 e. The second kappa shape index (κ2) is 14.1. The summed E-state index contributed by atoms with van der Waals surface area (Å²) in [6.45, 7) is 7.34. The number of rotatable bonds is 9. The van der Waals surface area contributed by atoms with Crippen molar-refractivity contribution >= 4 is 29.9 Å². The summed E-state index contributed by atoms with van der Waals surface area (Å²) < 4.78 is 11.2. The van der Waals surface area contributed by atoms with Gasteiger partial charge in [0.15, 0.2) is 5.96 Å². The minimum Gasteiger partial charge on any atom is -0.379 e. The number of morpholine rings is 1. The van der Waals surface area contributed by atoms with Gasteiger partial charge in [0.05, 0.1) is 19.3 Å². The molecule has 1 aliphatic carbocycles. The van der Waals surface area contributed by atoms with Crippen LogP contribution in [0, 0.1) is 0 Å². The molecule has 6 nitrogen and oxygen atoms in total. The van der Waals surface area contributed by atoms with Crippen molar-refractivity contribution in [2.24, 2.45) is 10.7 Å². The van der Waals surface area contributed by atoms with Crippen molar-refractivity contribution in [1.82, 2.24) is 10.2 Å². The molecule has 0 amide bonds. The Morgan fingerprint density at radius 3 is 2.67 bits per heavy atom. The fourth-order valence-electron chi connectivity index (χ4n) is 3.15. The Labute approximate surface area is 163 Å². The number of halogens is 1. The second-order valence-corrected chi connectivity index (χ2v) is 6.49. The van der Waals surface area contributed by atoms with Crippen molar-refractivity contribution < 1.29 is 9.47 Å². The third kappa shape index (κ3) is 10.0. The molecule has 0 radical (unpaired) electrons. The normalized spacial score (nSPS) is 20.6. The maximum atomic E-state index is 5.88. The van der Waals surface area contributed by atoms with Crippen LogP contribution >= 0.6 is 24.0 Å². The molecule has 1 aliphatic heterocycles. The number of nitrogens with two attached hydrogens (primary N) is 1. The topological polar surface area (TPSA) is 72.1 Å². The van der Waals surface area contributed by atoms with E-state index in [4.69, 9.17) is 15.2 Å². The van der Waals surface area contributed by atoms with Gasteiger partial charge in [-0.3, -0.25) is 9.89 Å². The summed E-state index contributed by atoms with van der Waals surface area (Å²) in [6.07, 6.45) is 9.01. The molecule has 24 heavy (non-hydrogen) atoms. The first-order valence-electron chi connectivity index (χ1n) is 9.30. The van der Waals surface area contributed by atoms with Crippen molar-refractivity contribution in [2.45, 2.75) is 51.0 Å². The minimum atomic E-state index is 0. The van der Waals surface area contributed by atoms with E-state index in [0.29, 0.717) is 12.1 Å². The van der Waals surface area contributed by atoms with Gasteiger partial charge in [-0.25, -0.2) is 0 Å². The minimum absolute atomic E-state index is 0. The Morgan fingerprint density at radius 1 is 1.17 bits per heavy atom. The van der Waals surface area contributed by atoms with E-state index in [9.17, 15) is 0 Å². The van der Waals surface area contributed by atoms with Crippen LogP contribution in [0.4, 0.5) is 0 Å². The number of guanidine groups is 1. The van der Waals surface area contributed by atoms with Gasteiger partial charge >= 0.3 is 0 Å². The van der Waals surface area contributed by atoms with Crippen molar-refractivity contribution in [3.05, 3.63) is 0 Å². The molecule has 3 N–H and O–H groups in total. The maximum Gasteiger partial charge on any atom is 0.188 e. The van der Waals surface area contributed by atoms with E-state index in [1.54, 1.807) is 0 Å². The van der Waals surface area contributed by atoms with Gasteiger partial charge in [-0.2, -0.15) is 0 Å². The summed E-state index contributed by atoms with van der Waals surface area (Å²) in [6, 6.07) is 0. The third-order valence-electron chi connectivity index (χ3n) is 4.55. The number of nitrogens with zero attached hydrogens (tertiary/aromatic N) is 2. The maximum absolute atomic E-state index is 5.88. The quantitative estimate of drug-likeness (QED) is 0.241. The van der Waals surface area contributed by atoms with Crippen molar-refractivity contribution in [3.8, 4) is 0 Å². The molecule has 142 valence electrons. The monoisotopic (exact) mass is 454 g/mol. The van der Waals surface area contributed by atoms with E-state index in [1.807, 2.05) is 0 Å². The molecule has 0 aromatic carbocycles. The first-order chi connectivity index (χ1) is 11.3. The molecule has 1 saturated heterocycles. The molecule has 0 aromatic heterocycles.